The van der Waals surface area contributed by atoms with Crippen molar-refractivity contribution in [2.45, 2.75) is 11.9 Å². The second-order valence-electron chi connectivity index (χ2n) is 5.79. The fraction of sp³-hybridized carbons (Fsp3) is 0.150. The molecule has 28 heavy (non-hydrogen) atoms. The number of anilines is 1. The molecule has 0 aliphatic rings. The first-order chi connectivity index (χ1) is 13.6. The largest absolute Gasteiger partial charge is 0.465 e. The Bertz CT molecular complexity index is 996. The van der Waals surface area contributed by atoms with Crippen LogP contribution in [0, 0.1) is 6.92 Å². The van der Waals surface area contributed by atoms with Crippen molar-refractivity contribution in [2.24, 2.45) is 0 Å². The predicted molar refractivity (Wildman–Crippen MR) is 107 cm³/mol. The second-order valence-corrected chi connectivity index (χ2v) is 6.78. The van der Waals surface area contributed by atoms with E-state index in [1.54, 1.807) is 36.7 Å². The molecule has 0 aliphatic heterocycles. The van der Waals surface area contributed by atoms with Gasteiger partial charge < -0.3 is 10.1 Å². The van der Waals surface area contributed by atoms with Crippen molar-refractivity contribution in [1.29, 1.82) is 0 Å². The molecule has 0 aliphatic carbocycles. The molecule has 0 fully saturated rings. The Labute approximate surface area is 166 Å². The average Bonchev–Trinajstić information content (AvgIpc) is 2.72. The van der Waals surface area contributed by atoms with Crippen LogP contribution in [0.5, 0.6) is 0 Å². The van der Waals surface area contributed by atoms with Crippen LogP contribution < -0.4 is 5.32 Å². The highest BCUT2D eigenvalue weighted by Gasteiger charge is 2.14. The van der Waals surface area contributed by atoms with Gasteiger partial charge in [0.2, 0.25) is 5.91 Å². The number of rotatable bonds is 6. The number of nitrogens with zero attached hydrogens (tertiary/aromatic N) is 3. The lowest BCUT2D eigenvalue weighted by Crippen LogP contribution is -2.17. The van der Waals surface area contributed by atoms with E-state index in [1.165, 1.54) is 18.9 Å². The summed E-state index contributed by atoms with van der Waals surface area (Å²) in [5.41, 5.74) is 2.33. The first kappa shape index (κ1) is 19.5. The lowest BCUT2D eigenvalue weighted by molar-refractivity contribution is -0.113. The summed E-state index contributed by atoms with van der Waals surface area (Å²) in [6, 6.07) is 12.2. The van der Waals surface area contributed by atoms with Crippen LogP contribution in [0.4, 0.5) is 5.69 Å². The standard InChI is InChI=1S/C20H18N4O3S/c1-13-10-18(24-19(22-13)14-6-5-9-21-11-14)28-12-17(25)23-16-8-4-3-7-15(16)20(26)27-2/h3-11H,12H2,1-2H3,(H,23,25). The maximum absolute atomic E-state index is 12.4. The molecule has 7 nitrogen and oxygen atoms in total. The van der Waals surface area contributed by atoms with Gasteiger partial charge in [-0.05, 0) is 37.3 Å². The maximum atomic E-state index is 12.4. The van der Waals surface area contributed by atoms with Crippen molar-refractivity contribution in [2.75, 3.05) is 18.2 Å². The minimum Gasteiger partial charge on any atom is -0.465 e. The molecular weight excluding hydrogens is 376 g/mol. The van der Waals surface area contributed by atoms with E-state index in [0.29, 0.717) is 22.1 Å². The zero-order valence-electron chi connectivity index (χ0n) is 15.4. The number of methoxy groups -OCH3 is 1. The zero-order chi connectivity index (χ0) is 19.9. The first-order valence-electron chi connectivity index (χ1n) is 8.43. The molecule has 1 aromatic carbocycles. The number of hydrogen-bond acceptors (Lipinski definition) is 7. The zero-order valence-corrected chi connectivity index (χ0v) is 16.2. The third kappa shape index (κ3) is 4.92. The third-order valence-corrected chi connectivity index (χ3v) is 4.62. The predicted octanol–water partition coefficient (Wildman–Crippen LogP) is 3.36. The Morgan fingerprint density at radius 2 is 1.96 bits per heavy atom. The van der Waals surface area contributed by atoms with Crippen molar-refractivity contribution < 1.29 is 14.3 Å². The normalized spacial score (nSPS) is 10.4. The van der Waals surface area contributed by atoms with Crippen molar-refractivity contribution in [3.63, 3.8) is 0 Å². The van der Waals surface area contributed by atoms with E-state index in [-0.39, 0.29) is 11.7 Å². The van der Waals surface area contributed by atoms with Crippen LogP contribution in [0.2, 0.25) is 0 Å². The van der Waals surface area contributed by atoms with Gasteiger partial charge in [0.1, 0.15) is 5.03 Å². The van der Waals surface area contributed by atoms with Gasteiger partial charge in [0.15, 0.2) is 5.82 Å². The number of esters is 1. The molecule has 2 aromatic heterocycles. The molecule has 142 valence electrons. The number of aryl methyl sites for hydroxylation is 1. The van der Waals surface area contributed by atoms with Gasteiger partial charge in [0.05, 0.1) is 24.1 Å². The summed E-state index contributed by atoms with van der Waals surface area (Å²) >= 11 is 1.29. The number of amides is 1. The van der Waals surface area contributed by atoms with E-state index in [2.05, 4.69) is 20.3 Å². The van der Waals surface area contributed by atoms with Gasteiger partial charge in [0.25, 0.3) is 0 Å². The minimum atomic E-state index is -0.504. The molecule has 0 radical (unpaired) electrons. The summed E-state index contributed by atoms with van der Waals surface area (Å²) in [5, 5.41) is 3.43. The topological polar surface area (TPSA) is 94.1 Å². The Hall–Kier alpha value is -3.26. The van der Waals surface area contributed by atoms with E-state index in [1.807, 2.05) is 25.1 Å². The highest BCUT2D eigenvalue weighted by Crippen LogP contribution is 2.22. The number of thioether (sulfide) groups is 1. The van der Waals surface area contributed by atoms with Gasteiger partial charge in [-0.2, -0.15) is 0 Å². The third-order valence-electron chi connectivity index (χ3n) is 3.71. The number of aromatic nitrogens is 3. The highest BCUT2D eigenvalue weighted by atomic mass is 32.2. The number of carbonyl (C=O) groups excluding carboxylic acids is 2. The molecule has 3 rings (SSSR count). The Morgan fingerprint density at radius 3 is 2.71 bits per heavy atom. The van der Waals surface area contributed by atoms with Crippen LogP contribution in [0.15, 0.2) is 59.9 Å². The number of nitrogens with one attached hydrogen (secondary N) is 1. The van der Waals surface area contributed by atoms with Crippen LogP contribution in [-0.4, -0.2) is 39.7 Å². The lowest BCUT2D eigenvalue weighted by atomic mass is 10.2. The number of hydrogen-bond donors (Lipinski definition) is 1. The Morgan fingerprint density at radius 1 is 1.14 bits per heavy atom. The monoisotopic (exact) mass is 394 g/mol. The molecule has 0 spiro atoms. The molecule has 0 bridgehead atoms. The minimum absolute atomic E-state index is 0.137. The second kappa shape index (κ2) is 9.09. The average molecular weight is 394 g/mol. The van der Waals surface area contributed by atoms with Gasteiger partial charge in [-0.25, -0.2) is 14.8 Å². The van der Waals surface area contributed by atoms with Gasteiger partial charge in [-0.3, -0.25) is 9.78 Å². The van der Waals surface area contributed by atoms with Gasteiger partial charge in [0, 0.05) is 23.7 Å². The number of pyridine rings is 1. The van der Waals surface area contributed by atoms with Crippen LogP contribution >= 0.6 is 11.8 Å². The molecule has 8 heteroatoms. The summed E-state index contributed by atoms with van der Waals surface area (Å²) in [5.74, 6) is -0.0537. The SMILES string of the molecule is COC(=O)c1ccccc1NC(=O)CSc1cc(C)nc(-c2cccnc2)n1. The van der Waals surface area contributed by atoms with Gasteiger partial charge >= 0.3 is 5.97 Å². The Balaban J connectivity index is 1.69. The number of para-hydroxylation sites is 1. The molecule has 3 aromatic rings. The van der Waals surface area contributed by atoms with Crippen LogP contribution in [-0.2, 0) is 9.53 Å². The summed E-state index contributed by atoms with van der Waals surface area (Å²) < 4.78 is 4.74. The number of benzene rings is 1. The molecule has 0 saturated heterocycles. The quantitative estimate of drug-likeness (QED) is 0.389. The number of carbonyl (C=O) groups is 2. The Kier molecular flexibility index (Phi) is 6.33. The number of ether oxygens (including phenoxy) is 1. The van der Waals surface area contributed by atoms with Crippen LogP contribution in [0.3, 0.4) is 0 Å². The summed E-state index contributed by atoms with van der Waals surface area (Å²) in [7, 11) is 1.30. The van der Waals surface area contributed by atoms with Gasteiger partial charge in [-0.1, -0.05) is 23.9 Å². The van der Waals surface area contributed by atoms with Crippen molar-refractivity contribution >= 4 is 29.3 Å². The fourth-order valence-corrected chi connectivity index (χ4v) is 3.20. The van der Waals surface area contributed by atoms with E-state index in [4.69, 9.17) is 4.74 Å². The molecule has 2 heterocycles. The van der Waals surface area contributed by atoms with E-state index in [9.17, 15) is 9.59 Å². The fourth-order valence-electron chi connectivity index (χ4n) is 2.44. The molecule has 1 amide bonds. The summed E-state index contributed by atoms with van der Waals surface area (Å²) in [4.78, 5) is 37.2. The summed E-state index contributed by atoms with van der Waals surface area (Å²) in [6.45, 7) is 1.87. The van der Waals surface area contributed by atoms with Crippen molar-refractivity contribution in [3.8, 4) is 11.4 Å². The maximum Gasteiger partial charge on any atom is 0.339 e. The van der Waals surface area contributed by atoms with Crippen molar-refractivity contribution in [3.05, 3.63) is 66.1 Å². The summed E-state index contributed by atoms with van der Waals surface area (Å²) in [6.07, 6.45) is 3.38. The van der Waals surface area contributed by atoms with E-state index < -0.39 is 5.97 Å². The van der Waals surface area contributed by atoms with E-state index in [0.717, 1.165) is 11.3 Å². The molecule has 0 saturated carbocycles. The molecule has 1 N–H and O–H groups in total. The molecular formula is C20H18N4O3S. The molecule has 0 unspecified atom stereocenters. The lowest BCUT2D eigenvalue weighted by Gasteiger charge is -2.10. The van der Waals surface area contributed by atoms with Gasteiger partial charge in [-0.15, -0.1) is 0 Å². The van der Waals surface area contributed by atoms with E-state index >= 15 is 0 Å². The first-order valence-corrected chi connectivity index (χ1v) is 9.41. The van der Waals surface area contributed by atoms with Crippen LogP contribution in [0.1, 0.15) is 16.1 Å². The smallest absolute Gasteiger partial charge is 0.339 e. The highest BCUT2D eigenvalue weighted by molar-refractivity contribution is 7.99. The van der Waals surface area contributed by atoms with Crippen LogP contribution in [0.25, 0.3) is 11.4 Å². The molecule has 0 atom stereocenters. The van der Waals surface area contributed by atoms with Crippen molar-refractivity contribution in [1.82, 2.24) is 15.0 Å².